The van der Waals surface area contributed by atoms with Gasteiger partial charge in [0.1, 0.15) is 6.54 Å². The van der Waals surface area contributed by atoms with E-state index in [0.29, 0.717) is 23.7 Å². The first-order valence-electron chi connectivity index (χ1n) is 10.5. The minimum Gasteiger partial charge on any atom is -0.465 e. The van der Waals surface area contributed by atoms with Crippen LogP contribution in [0.3, 0.4) is 0 Å². The Bertz CT molecular complexity index is 1350. The van der Waals surface area contributed by atoms with Crippen molar-refractivity contribution in [2.45, 2.75) is 13.0 Å². The fraction of sp³-hybridized carbons (Fsp3) is 0.250. The van der Waals surface area contributed by atoms with Gasteiger partial charge in [-0.1, -0.05) is 30.3 Å². The van der Waals surface area contributed by atoms with Crippen LogP contribution in [0.4, 0.5) is 11.6 Å². The first-order valence-corrected chi connectivity index (χ1v) is 10.5. The maximum Gasteiger partial charge on any atom is 0.340 e. The normalized spacial score (nSPS) is 13.8. The van der Waals surface area contributed by atoms with Gasteiger partial charge in [0.25, 0.3) is 0 Å². The number of carbonyl (C=O) groups excluding carboxylic acids is 2. The van der Waals surface area contributed by atoms with E-state index in [1.54, 1.807) is 15.7 Å². The Hall–Kier alpha value is -3.94. The van der Waals surface area contributed by atoms with E-state index in [2.05, 4.69) is 0 Å². The first-order chi connectivity index (χ1) is 15.6. The third kappa shape index (κ3) is 3.33. The zero-order valence-corrected chi connectivity index (χ0v) is 18.0. The molecule has 2 aromatic heterocycles. The molecule has 1 amide bonds. The first kappa shape index (κ1) is 20.0. The number of esters is 1. The number of para-hydroxylation sites is 3. The maximum absolute atomic E-state index is 13.5. The number of nitrogens with zero attached hydrogens (tertiary/aromatic N) is 5. The average molecular weight is 429 g/mol. The molecule has 1 aliphatic heterocycles. The highest BCUT2D eigenvalue weighted by molar-refractivity contribution is 6.05. The summed E-state index contributed by atoms with van der Waals surface area (Å²) in [6, 6.07) is 15.2. The molecule has 0 spiro atoms. The predicted octanol–water partition coefficient (Wildman–Crippen LogP) is 3.24. The number of benzene rings is 2. The molecular weight excluding hydrogens is 406 g/mol. The van der Waals surface area contributed by atoms with Gasteiger partial charge in [0, 0.05) is 37.2 Å². The van der Waals surface area contributed by atoms with Crippen molar-refractivity contribution in [3.05, 3.63) is 60.3 Å². The minimum absolute atomic E-state index is 0.0785. The van der Waals surface area contributed by atoms with Crippen molar-refractivity contribution in [2.24, 2.45) is 0 Å². The minimum atomic E-state index is -0.425. The van der Waals surface area contributed by atoms with Crippen LogP contribution in [0, 0.1) is 0 Å². The van der Waals surface area contributed by atoms with Gasteiger partial charge in [-0.3, -0.25) is 9.69 Å². The second-order valence-electron chi connectivity index (χ2n) is 7.86. The molecule has 0 N–H and O–H groups in total. The Balaban J connectivity index is 1.55. The van der Waals surface area contributed by atoms with E-state index < -0.39 is 5.97 Å². The third-order valence-electron chi connectivity index (χ3n) is 5.83. The van der Waals surface area contributed by atoms with E-state index in [1.165, 1.54) is 7.11 Å². The molecular formula is C24H23N5O3. The molecule has 0 unspecified atom stereocenters. The summed E-state index contributed by atoms with van der Waals surface area (Å²) in [5.74, 6) is 0.732. The lowest BCUT2D eigenvalue weighted by atomic mass is 10.2. The lowest BCUT2D eigenvalue weighted by Crippen LogP contribution is -2.35. The van der Waals surface area contributed by atoms with Crippen LogP contribution in [-0.2, 0) is 16.1 Å². The van der Waals surface area contributed by atoms with Crippen molar-refractivity contribution in [2.75, 3.05) is 37.0 Å². The number of amides is 1. The second-order valence-corrected chi connectivity index (χ2v) is 7.86. The number of carbonyl (C=O) groups is 2. The monoisotopic (exact) mass is 429 g/mol. The summed E-state index contributed by atoms with van der Waals surface area (Å²) < 4.78 is 6.72. The second kappa shape index (κ2) is 7.96. The van der Waals surface area contributed by atoms with Crippen molar-refractivity contribution in [1.29, 1.82) is 0 Å². The number of rotatable bonds is 3. The molecule has 5 rings (SSSR count). The highest BCUT2D eigenvalue weighted by Gasteiger charge is 2.27. The van der Waals surface area contributed by atoms with Crippen LogP contribution in [-0.4, -0.2) is 53.7 Å². The van der Waals surface area contributed by atoms with Crippen molar-refractivity contribution >= 4 is 45.4 Å². The van der Waals surface area contributed by atoms with Gasteiger partial charge in [-0.15, -0.1) is 0 Å². The van der Waals surface area contributed by atoms with Crippen LogP contribution < -0.4 is 9.80 Å². The molecule has 0 aliphatic carbocycles. The number of hydrogen-bond acceptors (Lipinski definition) is 6. The molecule has 0 radical (unpaired) electrons. The lowest BCUT2D eigenvalue weighted by molar-refractivity contribution is -0.119. The molecule has 0 saturated carbocycles. The predicted molar refractivity (Wildman–Crippen MR) is 123 cm³/mol. The summed E-state index contributed by atoms with van der Waals surface area (Å²) in [6.07, 6.45) is 2.49. The van der Waals surface area contributed by atoms with Crippen molar-refractivity contribution in [1.82, 2.24) is 14.5 Å². The van der Waals surface area contributed by atoms with Crippen molar-refractivity contribution in [3.8, 4) is 0 Å². The van der Waals surface area contributed by atoms with E-state index in [0.717, 1.165) is 34.9 Å². The average Bonchev–Trinajstić information content (AvgIpc) is 3.10. The number of anilines is 2. The summed E-state index contributed by atoms with van der Waals surface area (Å²) in [5, 5.41) is 0.758. The largest absolute Gasteiger partial charge is 0.465 e. The molecule has 0 bridgehead atoms. The van der Waals surface area contributed by atoms with E-state index in [1.807, 2.05) is 60.5 Å². The zero-order valence-electron chi connectivity index (χ0n) is 18.0. The quantitative estimate of drug-likeness (QED) is 0.465. The third-order valence-corrected chi connectivity index (χ3v) is 5.83. The fourth-order valence-corrected chi connectivity index (χ4v) is 4.22. The van der Waals surface area contributed by atoms with Crippen molar-refractivity contribution in [3.63, 3.8) is 0 Å². The van der Waals surface area contributed by atoms with Crippen LogP contribution in [0.5, 0.6) is 0 Å². The Labute approximate surface area is 185 Å². The van der Waals surface area contributed by atoms with Crippen LogP contribution in [0.15, 0.2) is 54.7 Å². The Kier molecular flexibility index (Phi) is 4.97. The molecule has 8 heteroatoms. The highest BCUT2D eigenvalue weighted by atomic mass is 16.5. The van der Waals surface area contributed by atoms with Gasteiger partial charge in [0.05, 0.1) is 23.7 Å². The molecule has 3 heterocycles. The molecule has 162 valence electrons. The number of aromatic nitrogens is 3. The number of ether oxygens (including phenoxy) is 1. The number of hydrogen-bond donors (Lipinski definition) is 0. The van der Waals surface area contributed by atoms with Gasteiger partial charge in [0.2, 0.25) is 5.91 Å². The maximum atomic E-state index is 13.5. The molecule has 0 fully saturated rings. The number of methoxy groups -OCH3 is 1. The van der Waals surface area contributed by atoms with Crippen LogP contribution in [0.1, 0.15) is 16.8 Å². The van der Waals surface area contributed by atoms with Crippen LogP contribution in [0.25, 0.3) is 21.9 Å². The Morgan fingerprint density at radius 2 is 1.66 bits per heavy atom. The number of fused-ring (bicyclic) bond motifs is 3. The molecule has 0 atom stereocenters. The van der Waals surface area contributed by atoms with E-state index >= 15 is 0 Å². The highest BCUT2D eigenvalue weighted by Crippen LogP contribution is 2.31. The summed E-state index contributed by atoms with van der Waals surface area (Å²) in [7, 11) is 3.33. The van der Waals surface area contributed by atoms with E-state index in [-0.39, 0.29) is 12.5 Å². The van der Waals surface area contributed by atoms with Crippen LogP contribution in [0.2, 0.25) is 0 Å². The van der Waals surface area contributed by atoms with E-state index in [4.69, 9.17) is 14.7 Å². The fourth-order valence-electron chi connectivity index (χ4n) is 4.22. The molecule has 8 nitrogen and oxygen atoms in total. The smallest absolute Gasteiger partial charge is 0.340 e. The Morgan fingerprint density at radius 1 is 0.969 bits per heavy atom. The van der Waals surface area contributed by atoms with Gasteiger partial charge in [-0.25, -0.2) is 14.8 Å². The van der Waals surface area contributed by atoms with Crippen LogP contribution >= 0.6 is 0 Å². The molecule has 4 aromatic rings. The molecule has 2 aromatic carbocycles. The zero-order chi connectivity index (χ0) is 22.2. The van der Waals surface area contributed by atoms with Gasteiger partial charge >= 0.3 is 5.97 Å². The van der Waals surface area contributed by atoms with Crippen molar-refractivity contribution < 1.29 is 14.3 Å². The van der Waals surface area contributed by atoms with Gasteiger partial charge in [-0.05, 0) is 24.6 Å². The van der Waals surface area contributed by atoms with Gasteiger partial charge in [-0.2, -0.15) is 0 Å². The lowest BCUT2D eigenvalue weighted by Gasteiger charge is -2.23. The molecule has 1 aliphatic rings. The summed E-state index contributed by atoms with van der Waals surface area (Å²) >= 11 is 0. The molecule has 0 saturated heterocycles. The van der Waals surface area contributed by atoms with Gasteiger partial charge < -0.3 is 14.2 Å². The summed E-state index contributed by atoms with van der Waals surface area (Å²) in [6.45, 7) is 1.41. The summed E-state index contributed by atoms with van der Waals surface area (Å²) in [4.78, 5) is 39.1. The Morgan fingerprint density at radius 3 is 2.41 bits per heavy atom. The van der Waals surface area contributed by atoms with E-state index in [9.17, 15) is 9.59 Å². The topological polar surface area (TPSA) is 80.6 Å². The molecule has 32 heavy (non-hydrogen) atoms. The standard InChI is InChI=1S/C24H23N5O3/c1-27-12-7-13-29(23-22(27)25-18-9-4-5-10-19(18)26-23)21(30)15-28-14-17(24(31)32-2)16-8-3-6-11-20(16)28/h3-6,8-11,14H,7,12-13,15H2,1-2H3. The SMILES string of the molecule is COC(=O)c1cn(CC(=O)N2CCCN(C)c3nc4ccccc4nc32)c2ccccc12. The summed E-state index contributed by atoms with van der Waals surface area (Å²) in [5.41, 5.74) is 2.79. The van der Waals surface area contributed by atoms with Gasteiger partial charge in [0.15, 0.2) is 11.6 Å².